The number of nitrogens with zero attached hydrogens (tertiary/aromatic N) is 1. The van der Waals surface area contributed by atoms with Crippen LogP contribution in [0.4, 0.5) is 0 Å². The lowest BCUT2D eigenvalue weighted by Crippen LogP contribution is -2.68. The number of rotatable bonds is 9. The number of aliphatic carboxylic acids is 1. The summed E-state index contributed by atoms with van der Waals surface area (Å²) in [5.74, 6) is 0.216. The van der Waals surface area contributed by atoms with Gasteiger partial charge in [-0.2, -0.15) is 0 Å². The molecule has 5 aliphatic rings. The Bertz CT molecular complexity index is 999. The Labute approximate surface area is 259 Å². The Morgan fingerprint density at radius 3 is 2.33 bits per heavy atom. The SMILES string of the molecule is COC1CCC(N2C[C@H](OCC34C[C@@H]5[C@H](C)CC[C@H]5C(C)(C=O)[C@@]3(C(=O)O)C(C(C)C)CC4C)O[C@H](C)[C@@H](OC)C2)CC1. The zero-order valence-electron chi connectivity index (χ0n) is 28.1. The molecule has 0 radical (unpaired) electrons. The van der Waals surface area contributed by atoms with Crippen molar-refractivity contribution in [2.75, 3.05) is 33.9 Å². The fraction of sp³-hybridized carbons (Fsp3) is 0.943. The first-order valence-electron chi connectivity index (χ1n) is 17.2. The topological polar surface area (TPSA) is 94.5 Å². The Hall–Kier alpha value is -1.06. The molecule has 4 aliphatic carbocycles. The number of aldehydes is 1. The molecular weight excluding hydrogens is 546 g/mol. The van der Waals surface area contributed by atoms with Gasteiger partial charge in [0.25, 0.3) is 0 Å². The number of hydrogen-bond acceptors (Lipinski definition) is 7. The first kappa shape index (κ1) is 33.3. The van der Waals surface area contributed by atoms with E-state index in [4.69, 9.17) is 18.9 Å². The molecule has 0 aromatic rings. The third kappa shape index (κ3) is 5.14. The maximum atomic E-state index is 13.9. The van der Waals surface area contributed by atoms with E-state index in [2.05, 4.69) is 39.5 Å². The Morgan fingerprint density at radius 2 is 1.74 bits per heavy atom. The number of hydrogen-bond donors (Lipinski definition) is 1. The van der Waals surface area contributed by atoms with Crippen molar-refractivity contribution < 1.29 is 33.6 Å². The Kier molecular flexibility index (Phi) is 9.77. The van der Waals surface area contributed by atoms with Gasteiger partial charge in [-0.15, -0.1) is 0 Å². The summed E-state index contributed by atoms with van der Waals surface area (Å²) in [4.78, 5) is 29.8. The third-order valence-corrected chi connectivity index (χ3v) is 13.7. The second-order valence-electron chi connectivity index (χ2n) is 15.7. The fourth-order valence-corrected chi connectivity index (χ4v) is 11.3. The molecule has 0 bridgehead atoms. The average molecular weight is 606 g/mol. The molecule has 5 fully saturated rings. The molecule has 11 atom stereocenters. The monoisotopic (exact) mass is 605 g/mol. The molecule has 1 aliphatic heterocycles. The van der Waals surface area contributed by atoms with Gasteiger partial charge in [-0.25, -0.2) is 0 Å². The van der Waals surface area contributed by atoms with Crippen molar-refractivity contribution in [3.8, 4) is 0 Å². The number of ether oxygens (including phenoxy) is 4. The summed E-state index contributed by atoms with van der Waals surface area (Å²) in [6.07, 6.45) is 8.43. The van der Waals surface area contributed by atoms with Gasteiger partial charge in [-0.1, -0.05) is 41.0 Å². The van der Waals surface area contributed by atoms with Crippen LogP contribution in [-0.2, 0) is 28.5 Å². The van der Waals surface area contributed by atoms with Gasteiger partial charge in [0.2, 0.25) is 0 Å². The molecule has 0 amide bonds. The summed E-state index contributed by atoms with van der Waals surface area (Å²) in [5.41, 5.74) is -2.81. The second kappa shape index (κ2) is 12.6. The molecule has 0 spiro atoms. The molecule has 1 saturated heterocycles. The van der Waals surface area contributed by atoms with E-state index in [1.54, 1.807) is 14.2 Å². The van der Waals surface area contributed by atoms with Crippen LogP contribution >= 0.6 is 0 Å². The number of methoxy groups -OCH3 is 2. The molecule has 8 nitrogen and oxygen atoms in total. The van der Waals surface area contributed by atoms with Crippen molar-refractivity contribution in [3.05, 3.63) is 0 Å². The second-order valence-corrected chi connectivity index (χ2v) is 15.7. The van der Waals surface area contributed by atoms with Crippen LogP contribution in [0.25, 0.3) is 0 Å². The molecule has 0 aromatic heterocycles. The lowest BCUT2D eigenvalue weighted by molar-refractivity contribution is -0.246. The molecule has 4 unspecified atom stereocenters. The van der Waals surface area contributed by atoms with Crippen molar-refractivity contribution in [1.29, 1.82) is 0 Å². The summed E-state index contributed by atoms with van der Waals surface area (Å²) in [6.45, 7) is 14.6. The maximum absolute atomic E-state index is 13.9. The zero-order chi connectivity index (χ0) is 31.3. The largest absolute Gasteiger partial charge is 0.481 e. The van der Waals surface area contributed by atoms with Crippen LogP contribution in [0, 0.1) is 51.8 Å². The zero-order valence-corrected chi connectivity index (χ0v) is 28.1. The van der Waals surface area contributed by atoms with E-state index in [1.807, 2.05) is 6.92 Å². The highest BCUT2D eigenvalue weighted by Crippen LogP contribution is 2.77. The van der Waals surface area contributed by atoms with Crippen LogP contribution in [0.5, 0.6) is 0 Å². The molecule has 246 valence electrons. The minimum atomic E-state index is -1.19. The predicted molar refractivity (Wildman–Crippen MR) is 164 cm³/mol. The molecular formula is C35H59NO7. The van der Waals surface area contributed by atoms with E-state index in [0.717, 1.165) is 64.2 Å². The smallest absolute Gasteiger partial charge is 0.311 e. The summed E-state index contributed by atoms with van der Waals surface area (Å²) in [6, 6.07) is 0.407. The first-order chi connectivity index (χ1) is 20.4. The summed E-state index contributed by atoms with van der Waals surface area (Å²) >= 11 is 0. The van der Waals surface area contributed by atoms with Gasteiger partial charge in [0.05, 0.1) is 30.3 Å². The van der Waals surface area contributed by atoms with Crippen LogP contribution < -0.4 is 0 Å². The highest BCUT2D eigenvalue weighted by Gasteiger charge is 2.79. The lowest BCUT2D eigenvalue weighted by Gasteiger charge is -2.63. The van der Waals surface area contributed by atoms with E-state index in [9.17, 15) is 14.7 Å². The van der Waals surface area contributed by atoms with Crippen LogP contribution in [0.3, 0.4) is 0 Å². The van der Waals surface area contributed by atoms with E-state index >= 15 is 0 Å². The molecule has 1 heterocycles. The van der Waals surface area contributed by atoms with Crippen LogP contribution in [0.2, 0.25) is 0 Å². The van der Waals surface area contributed by atoms with Crippen LogP contribution in [-0.4, -0.2) is 86.8 Å². The van der Waals surface area contributed by atoms with Crippen molar-refractivity contribution in [2.45, 2.75) is 124 Å². The van der Waals surface area contributed by atoms with Crippen LogP contribution in [0.15, 0.2) is 0 Å². The molecule has 8 heteroatoms. The summed E-state index contributed by atoms with van der Waals surface area (Å²) in [7, 11) is 3.55. The number of carbonyl (C=O) groups excluding carboxylic acids is 1. The maximum Gasteiger partial charge on any atom is 0.311 e. The van der Waals surface area contributed by atoms with Gasteiger partial charge in [-0.3, -0.25) is 9.69 Å². The minimum Gasteiger partial charge on any atom is -0.481 e. The predicted octanol–water partition coefficient (Wildman–Crippen LogP) is 5.66. The Balaban J connectivity index is 1.49. The van der Waals surface area contributed by atoms with Gasteiger partial charge in [0.15, 0.2) is 6.29 Å². The molecule has 43 heavy (non-hydrogen) atoms. The van der Waals surface area contributed by atoms with E-state index < -0.39 is 28.5 Å². The van der Waals surface area contributed by atoms with Crippen molar-refractivity contribution in [3.63, 3.8) is 0 Å². The molecule has 5 rings (SSSR count). The standard InChI is InChI=1S/C35H59NO7/c1-21(2)29-15-23(4)34(16-27-22(3)9-14-28(27)33(6,19-37)35(29,34)32(38)39)20-42-31-18-36(17-30(41-8)24(5)43-31)25-10-12-26(40-7)13-11-25/h19,21-31H,9-18,20H2,1-8H3,(H,38,39)/t22-,23?,24-,25?,26?,27-,28-,29?,30+,31-,33?,34?,35+/m1/s1. The van der Waals surface area contributed by atoms with E-state index in [-0.39, 0.29) is 35.9 Å². The van der Waals surface area contributed by atoms with Crippen LogP contribution in [0.1, 0.15) is 92.9 Å². The van der Waals surface area contributed by atoms with Crippen molar-refractivity contribution >= 4 is 12.3 Å². The van der Waals surface area contributed by atoms with Gasteiger partial charge < -0.3 is 28.8 Å². The number of fused-ring (bicyclic) bond motifs is 2. The summed E-state index contributed by atoms with van der Waals surface area (Å²) < 4.78 is 25.0. The fourth-order valence-electron chi connectivity index (χ4n) is 11.3. The number of carboxylic acid groups (broad SMARTS) is 1. The van der Waals surface area contributed by atoms with Gasteiger partial charge in [-0.05, 0) is 87.4 Å². The highest BCUT2D eigenvalue weighted by molar-refractivity contribution is 5.85. The molecule has 1 N–H and O–H groups in total. The third-order valence-electron chi connectivity index (χ3n) is 13.7. The van der Waals surface area contributed by atoms with Gasteiger partial charge >= 0.3 is 5.97 Å². The number of carbonyl (C=O) groups is 2. The van der Waals surface area contributed by atoms with Gasteiger partial charge in [0, 0.05) is 44.2 Å². The van der Waals surface area contributed by atoms with Crippen molar-refractivity contribution in [2.24, 2.45) is 51.8 Å². The highest BCUT2D eigenvalue weighted by atomic mass is 16.7. The van der Waals surface area contributed by atoms with E-state index in [0.29, 0.717) is 37.1 Å². The Morgan fingerprint density at radius 1 is 1.05 bits per heavy atom. The van der Waals surface area contributed by atoms with Crippen molar-refractivity contribution in [1.82, 2.24) is 4.90 Å². The number of carboxylic acids is 1. The average Bonchev–Trinajstić information content (AvgIpc) is 3.43. The quantitative estimate of drug-likeness (QED) is 0.337. The first-order valence-corrected chi connectivity index (χ1v) is 17.2. The lowest BCUT2D eigenvalue weighted by atomic mass is 9.38. The van der Waals surface area contributed by atoms with Gasteiger partial charge in [0.1, 0.15) is 6.29 Å². The summed E-state index contributed by atoms with van der Waals surface area (Å²) in [5, 5.41) is 11.4. The molecule has 4 saturated carbocycles. The minimum absolute atomic E-state index is 0.0751. The normalized spacial score (nSPS) is 49.0. The molecule has 0 aromatic carbocycles. The van der Waals surface area contributed by atoms with E-state index in [1.165, 1.54) is 0 Å².